The van der Waals surface area contributed by atoms with E-state index >= 15 is 0 Å². The number of hydrogen-bond donors (Lipinski definition) is 1. The molecule has 2 nitrogen and oxygen atoms in total. The molecule has 0 radical (unpaired) electrons. The molecule has 0 unspecified atom stereocenters. The highest BCUT2D eigenvalue weighted by molar-refractivity contribution is 8.93. The zero-order valence-corrected chi connectivity index (χ0v) is 12.4. The van der Waals surface area contributed by atoms with Crippen LogP contribution >= 0.6 is 28.3 Å². The summed E-state index contributed by atoms with van der Waals surface area (Å²) < 4.78 is 0. The van der Waals surface area contributed by atoms with Crippen LogP contribution in [0.25, 0.3) is 10.8 Å². The van der Waals surface area contributed by atoms with Crippen LogP contribution in [0.1, 0.15) is 5.69 Å². The van der Waals surface area contributed by atoms with Gasteiger partial charge in [0.05, 0.1) is 5.69 Å². The number of hydrogen-bond acceptors (Lipinski definition) is 3. The maximum absolute atomic E-state index is 4.42. The van der Waals surface area contributed by atoms with Crippen molar-refractivity contribution in [1.29, 1.82) is 0 Å². The lowest BCUT2D eigenvalue weighted by Crippen LogP contribution is -1.90. The average Bonchev–Trinajstić information content (AvgIpc) is 2.75. The number of aryl methyl sites for hydroxylation is 1. The fraction of sp³-hybridized carbons (Fsp3) is 0.0714. The second-order valence-electron chi connectivity index (χ2n) is 3.95. The third-order valence-electron chi connectivity index (χ3n) is 2.65. The summed E-state index contributed by atoms with van der Waals surface area (Å²) in [6.45, 7) is 2.00. The standard InChI is InChI=1S/C14H12N2S.BrH/c1-10-9-17-14(15-10)16-13-8-4-6-11-5-2-3-7-12(11)13;/h2-9H,1H3,(H,15,16);1H. The molecule has 0 aliphatic carbocycles. The highest BCUT2D eigenvalue weighted by Crippen LogP contribution is 2.27. The van der Waals surface area contributed by atoms with Crippen LogP contribution in [0.15, 0.2) is 47.8 Å². The van der Waals surface area contributed by atoms with E-state index in [1.165, 1.54) is 10.8 Å². The molecule has 0 atom stereocenters. The molecule has 0 fully saturated rings. The molecule has 0 saturated heterocycles. The Kier molecular flexibility index (Phi) is 3.99. The van der Waals surface area contributed by atoms with Crippen molar-refractivity contribution in [3.63, 3.8) is 0 Å². The first kappa shape index (κ1) is 13.1. The topological polar surface area (TPSA) is 24.9 Å². The number of fused-ring (bicyclic) bond motifs is 1. The number of thiazole rings is 1. The van der Waals surface area contributed by atoms with Crippen molar-refractivity contribution < 1.29 is 0 Å². The fourth-order valence-electron chi connectivity index (χ4n) is 1.86. The van der Waals surface area contributed by atoms with Crippen molar-refractivity contribution in [2.24, 2.45) is 0 Å². The predicted molar refractivity (Wildman–Crippen MR) is 84.4 cm³/mol. The second kappa shape index (κ2) is 5.50. The first-order valence-corrected chi connectivity index (χ1v) is 6.38. The highest BCUT2D eigenvalue weighted by atomic mass is 79.9. The number of aromatic nitrogens is 1. The summed E-state index contributed by atoms with van der Waals surface area (Å²) in [5, 5.41) is 8.83. The fourth-order valence-corrected chi connectivity index (χ4v) is 2.56. The van der Waals surface area contributed by atoms with E-state index in [9.17, 15) is 0 Å². The zero-order chi connectivity index (χ0) is 11.7. The number of nitrogens with one attached hydrogen (secondary N) is 1. The van der Waals surface area contributed by atoms with Crippen molar-refractivity contribution in [3.05, 3.63) is 53.5 Å². The maximum Gasteiger partial charge on any atom is 0.187 e. The Labute approximate surface area is 120 Å². The Hall–Kier alpha value is -1.39. The number of anilines is 2. The van der Waals surface area contributed by atoms with Crippen LogP contribution in [0.2, 0.25) is 0 Å². The van der Waals surface area contributed by atoms with E-state index in [2.05, 4.69) is 52.8 Å². The minimum atomic E-state index is 0. The Morgan fingerprint density at radius 3 is 2.61 bits per heavy atom. The maximum atomic E-state index is 4.42. The summed E-state index contributed by atoms with van der Waals surface area (Å²) in [5.74, 6) is 0. The molecule has 0 aliphatic heterocycles. The average molecular weight is 321 g/mol. The van der Waals surface area contributed by atoms with Crippen LogP contribution < -0.4 is 5.32 Å². The minimum absolute atomic E-state index is 0. The van der Waals surface area contributed by atoms with Crippen molar-refractivity contribution >= 4 is 49.9 Å². The van der Waals surface area contributed by atoms with E-state index in [1.54, 1.807) is 11.3 Å². The van der Waals surface area contributed by atoms with Crippen molar-refractivity contribution in [2.45, 2.75) is 6.92 Å². The van der Waals surface area contributed by atoms with Crippen LogP contribution in [-0.4, -0.2) is 4.98 Å². The molecule has 1 heterocycles. The van der Waals surface area contributed by atoms with E-state index < -0.39 is 0 Å². The van der Waals surface area contributed by atoms with Crippen LogP contribution in [0.4, 0.5) is 10.8 Å². The normalized spacial score (nSPS) is 10.1. The van der Waals surface area contributed by atoms with Gasteiger partial charge in [0.25, 0.3) is 0 Å². The smallest absolute Gasteiger partial charge is 0.187 e. The Morgan fingerprint density at radius 1 is 1.06 bits per heavy atom. The van der Waals surface area contributed by atoms with Gasteiger partial charge in [0.15, 0.2) is 5.13 Å². The summed E-state index contributed by atoms with van der Waals surface area (Å²) in [5.41, 5.74) is 2.16. The molecule has 2 aromatic carbocycles. The second-order valence-corrected chi connectivity index (χ2v) is 4.80. The third kappa shape index (κ3) is 2.54. The van der Waals surface area contributed by atoms with Crippen LogP contribution in [0, 0.1) is 6.92 Å². The molecule has 0 saturated carbocycles. The quantitative estimate of drug-likeness (QED) is 0.724. The molecule has 0 spiro atoms. The number of benzene rings is 2. The molecule has 0 amide bonds. The van der Waals surface area contributed by atoms with Gasteiger partial charge in [0.2, 0.25) is 0 Å². The van der Waals surface area contributed by atoms with Gasteiger partial charge in [-0.25, -0.2) is 4.98 Å². The van der Waals surface area contributed by atoms with E-state index in [-0.39, 0.29) is 17.0 Å². The summed E-state index contributed by atoms with van der Waals surface area (Å²) in [6.07, 6.45) is 0. The molecular weight excluding hydrogens is 308 g/mol. The predicted octanol–water partition coefficient (Wildman–Crippen LogP) is 4.93. The van der Waals surface area contributed by atoms with Gasteiger partial charge < -0.3 is 5.32 Å². The highest BCUT2D eigenvalue weighted by Gasteiger charge is 2.02. The van der Waals surface area contributed by atoms with Crippen molar-refractivity contribution in [3.8, 4) is 0 Å². The molecule has 1 aromatic heterocycles. The first-order chi connectivity index (χ1) is 8.33. The number of rotatable bonds is 2. The van der Waals surface area contributed by atoms with Crippen molar-refractivity contribution in [1.82, 2.24) is 4.98 Å². The SMILES string of the molecule is Br.Cc1csc(Nc2cccc3ccccc23)n1. The van der Waals surface area contributed by atoms with Gasteiger partial charge in [0, 0.05) is 16.5 Å². The van der Waals surface area contributed by atoms with Crippen LogP contribution in [-0.2, 0) is 0 Å². The van der Waals surface area contributed by atoms with E-state index in [0.717, 1.165) is 16.5 Å². The lowest BCUT2D eigenvalue weighted by atomic mass is 10.1. The Balaban J connectivity index is 0.00000120. The van der Waals surface area contributed by atoms with Crippen molar-refractivity contribution in [2.75, 3.05) is 5.32 Å². The molecule has 4 heteroatoms. The monoisotopic (exact) mass is 320 g/mol. The van der Waals surface area contributed by atoms with E-state index in [1.807, 2.05) is 12.3 Å². The molecule has 3 aromatic rings. The van der Waals surface area contributed by atoms with Crippen LogP contribution in [0.3, 0.4) is 0 Å². The Morgan fingerprint density at radius 2 is 1.83 bits per heavy atom. The Bertz CT molecular complexity index is 658. The van der Waals surface area contributed by atoms with E-state index in [4.69, 9.17) is 0 Å². The van der Waals surface area contributed by atoms with Gasteiger partial charge in [-0.15, -0.1) is 28.3 Å². The van der Waals surface area contributed by atoms with Gasteiger partial charge in [-0.1, -0.05) is 36.4 Å². The summed E-state index contributed by atoms with van der Waals surface area (Å²) in [6, 6.07) is 14.6. The van der Waals surface area contributed by atoms with Gasteiger partial charge in [0.1, 0.15) is 0 Å². The van der Waals surface area contributed by atoms with Crippen LogP contribution in [0.5, 0.6) is 0 Å². The molecular formula is C14H13BrN2S. The summed E-state index contributed by atoms with van der Waals surface area (Å²) >= 11 is 1.63. The van der Waals surface area contributed by atoms with Gasteiger partial charge >= 0.3 is 0 Å². The first-order valence-electron chi connectivity index (χ1n) is 5.50. The summed E-state index contributed by atoms with van der Waals surface area (Å²) in [4.78, 5) is 4.42. The van der Waals surface area contributed by atoms with E-state index in [0.29, 0.717) is 0 Å². The molecule has 3 rings (SSSR count). The van der Waals surface area contributed by atoms with Gasteiger partial charge in [-0.05, 0) is 18.4 Å². The molecule has 1 N–H and O–H groups in total. The summed E-state index contributed by atoms with van der Waals surface area (Å²) in [7, 11) is 0. The lowest BCUT2D eigenvalue weighted by Gasteiger charge is -2.06. The molecule has 0 aliphatic rings. The van der Waals surface area contributed by atoms with Gasteiger partial charge in [-0.3, -0.25) is 0 Å². The molecule has 0 bridgehead atoms. The largest absolute Gasteiger partial charge is 0.331 e. The molecule has 92 valence electrons. The molecule has 18 heavy (non-hydrogen) atoms. The lowest BCUT2D eigenvalue weighted by molar-refractivity contribution is 1.26. The van der Waals surface area contributed by atoms with Gasteiger partial charge in [-0.2, -0.15) is 0 Å². The minimum Gasteiger partial charge on any atom is -0.331 e. The number of halogens is 1. The zero-order valence-electron chi connectivity index (χ0n) is 9.88. The number of nitrogens with zero attached hydrogens (tertiary/aromatic N) is 1. The third-order valence-corrected chi connectivity index (χ3v) is 3.53.